The summed E-state index contributed by atoms with van der Waals surface area (Å²) in [5.74, 6) is -0.657. The van der Waals surface area contributed by atoms with Crippen molar-refractivity contribution in [3.63, 3.8) is 0 Å². The van der Waals surface area contributed by atoms with Gasteiger partial charge in [-0.1, -0.05) is 58.1 Å². The molecule has 1 fully saturated rings. The number of carbonyl (C=O) groups excluding carboxylic acids is 1. The van der Waals surface area contributed by atoms with Crippen LogP contribution in [0.4, 0.5) is 0 Å². The van der Waals surface area contributed by atoms with Crippen LogP contribution in [0.3, 0.4) is 0 Å². The van der Waals surface area contributed by atoms with Crippen molar-refractivity contribution < 1.29 is 24.9 Å². The monoisotopic (exact) mass is 368 g/mol. The standard InChI is InChI=1S/C21H36O5/c1-3-15(4-2)18(22)12-9-11-17-16(19(23)14-20(17)24)10-7-5-6-8-13-21(25)26/h9,11,15-18,20,22,24H,3-8,10,12-14H2,1-2H3,(H,25,26)/t16-,17-,18?,20-/m1/s1. The molecule has 1 saturated carbocycles. The molecular formula is C21H36O5. The minimum atomic E-state index is -0.764. The van der Waals surface area contributed by atoms with E-state index in [0.29, 0.717) is 12.8 Å². The molecule has 1 rings (SSSR count). The quantitative estimate of drug-likeness (QED) is 0.340. The summed E-state index contributed by atoms with van der Waals surface area (Å²) >= 11 is 0. The van der Waals surface area contributed by atoms with E-state index in [2.05, 4.69) is 13.8 Å². The van der Waals surface area contributed by atoms with Crippen LogP contribution in [0.5, 0.6) is 0 Å². The van der Waals surface area contributed by atoms with Gasteiger partial charge in [0.05, 0.1) is 12.2 Å². The van der Waals surface area contributed by atoms with Gasteiger partial charge in [-0.3, -0.25) is 9.59 Å². The molecule has 0 aromatic heterocycles. The van der Waals surface area contributed by atoms with E-state index < -0.39 is 12.1 Å². The number of aliphatic carboxylic acids is 1. The molecule has 0 aromatic carbocycles. The van der Waals surface area contributed by atoms with Gasteiger partial charge in [0.2, 0.25) is 0 Å². The summed E-state index contributed by atoms with van der Waals surface area (Å²) < 4.78 is 0. The summed E-state index contributed by atoms with van der Waals surface area (Å²) in [5, 5.41) is 29.0. The summed E-state index contributed by atoms with van der Waals surface area (Å²) in [6.45, 7) is 4.15. The minimum absolute atomic E-state index is 0.123. The predicted octanol–water partition coefficient (Wildman–Crippen LogP) is 3.72. The Morgan fingerprint density at radius 2 is 1.85 bits per heavy atom. The Labute approximate surface area is 157 Å². The van der Waals surface area contributed by atoms with E-state index in [1.54, 1.807) is 0 Å². The number of hydrogen-bond acceptors (Lipinski definition) is 4. The molecule has 150 valence electrons. The van der Waals surface area contributed by atoms with E-state index in [-0.39, 0.29) is 42.5 Å². The summed E-state index contributed by atoms with van der Waals surface area (Å²) in [6.07, 6.45) is 9.79. The van der Waals surface area contributed by atoms with Crippen LogP contribution in [0.25, 0.3) is 0 Å². The van der Waals surface area contributed by atoms with Crippen LogP contribution >= 0.6 is 0 Å². The largest absolute Gasteiger partial charge is 0.481 e. The molecule has 4 atom stereocenters. The van der Waals surface area contributed by atoms with Crippen LogP contribution in [0.2, 0.25) is 0 Å². The van der Waals surface area contributed by atoms with Crippen molar-refractivity contribution >= 4 is 11.8 Å². The highest BCUT2D eigenvalue weighted by atomic mass is 16.4. The molecule has 1 aliphatic carbocycles. The second-order valence-corrected chi connectivity index (χ2v) is 7.58. The third-order valence-electron chi connectivity index (χ3n) is 5.72. The molecule has 0 spiro atoms. The Morgan fingerprint density at radius 3 is 2.46 bits per heavy atom. The first-order valence-corrected chi connectivity index (χ1v) is 10.2. The van der Waals surface area contributed by atoms with E-state index in [1.807, 2.05) is 12.2 Å². The topological polar surface area (TPSA) is 94.8 Å². The van der Waals surface area contributed by atoms with E-state index in [4.69, 9.17) is 5.11 Å². The van der Waals surface area contributed by atoms with Crippen molar-refractivity contribution in [1.82, 2.24) is 0 Å². The van der Waals surface area contributed by atoms with Gasteiger partial charge < -0.3 is 15.3 Å². The lowest BCUT2D eigenvalue weighted by Gasteiger charge is -2.20. The number of ketones is 1. The highest BCUT2D eigenvalue weighted by Crippen LogP contribution is 2.34. The number of Topliss-reactive ketones (excluding diaryl/α,β-unsaturated/α-hetero) is 1. The number of carbonyl (C=O) groups is 2. The van der Waals surface area contributed by atoms with Crippen LogP contribution in [0.1, 0.15) is 78.1 Å². The Morgan fingerprint density at radius 1 is 1.19 bits per heavy atom. The van der Waals surface area contributed by atoms with Gasteiger partial charge in [0.15, 0.2) is 0 Å². The lowest BCUT2D eigenvalue weighted by Crippen LogP contribution is -2.20. The predicted molar refractivity (Wildman–Crippen MR) is 102 cm³/mol. The van der Waals surface area contributed by atoms with Gasteiger partial charge in [-0.2, -0.15) is 0 Å². The smallest absolute Gasteiger partial charge is 0.303 e. The molecule has 0 saturated heterocycles. The highest BCUT2D eigenvalue weighted by Gasteiger charge is 2.39. The maximum Gasteiger partial charge on any atom is 0.303 e. The average Bonchev–Trinajstić information content (AvgIpc) is 2.85. The first-order chi connectivity index (χ1) is 12.4. The zero-order valence-electron chi connectivity index (χ0n) is 16.3. The maximum absolute atomic E-state index is 12.2. The number of unbranched alkanes of at least 4 members (excludes halogenated alkanes) is 3. The average molecular weight is 369 g/mol. The fraction of sp³-hybridized carbons (Fsp3) is 0.810. The van der Waals surface area contributed by atoms with Crippen molar-refractivity contribution in [3.05, 3.63) is 12.2 Å². The van der Waals surface area contributed by atoms with Crippen molar-refractivity contribution in [2.45, 2.75) is 90.3 Å². The zero-order chi connectivity index (χ0) is 19.5. The molecule has 1 aliphatic rings. The second-order valence-electron chi connectivity index (χ2n) is 7.58. The molecule has 26 heavy (non-hydrogen) atoms. The van der Waals surface area contributed by atoms with E-state index >= 15 is 0 Å². The van der Waals surface area contributed by atoms with E-state index in [1.165, 1.54) is 0 Å². The minimum Gasteiger partial charge on any atom is -0.481 e. The third kappa shape index (κ3) is 7.58. The lowest BCUT2D eigenvalue weighted by atomic mass is 9.88. The first kappa shape index (κ1) is 22.8. The first-order valence-electron chi connectivity index (χ1n) is 10.2. The third-order valence-corrected chi connectivity index (χ3v) is 5.72. The van der Waals surface area contributed by atoms with Crippen molar-refractivity contribution in [3.8, 4) is 0 Å². The molecule has 0 radical (unpaired) electrons. The van der Waals surface area contributed by atoms with E-state index in [9.17, 15) is 19.8 Å². The van der Waals surface area contributed by atoms with Crippen LogP contribution in [-0.4, -0.2) is 39.3 Å². The van der Waals surface area contributed by atoms with Crippen molar-refractivity contribution in [2.24, 2.45) is 17.8 Å². The summed E-state index contributed by atoms with van der Waals surface area (Å²) in [6, 6.07) is 0. The normalized spacial score (nSPS) is 24.7. The zero-order valence-corrected chi connectivity index (χ0v) is 16.3. The van der Waals surface area contributed by atoms with Gasteiger partial charge in [0, 0.05) is 24.7 Å². The Balaban J connectivity index is 2.44. The molecule has 1 unspecified atom stereocenters. The number of carboxylic acid groups (broad SMARTS) is 1. The van der Waals surface area contributed by atoms with Gasteiger partial charge in [-0.15, -0.1) is 0 Å². The molecular weight excluding hydrogens is 332 g/mol. The summed E-state index contributed by atoms with van der Waals surface area (Å²) in [7, 11) is 0. The van der Waals surface area contributed by atoms with Gasteiger partial charge in [0.25, 0.3) is 0 Å². The molecule has 0 aliphatic heterocycles. The second kappa shape index (κ2) is 12.2. The number of aliphatic hydroxyl groups is 2. The highest BCUT2D eigenvalue weighted by molar-refractivity contribution is 5.84. The Bertz CT molecular complexity index is 455. The van der Waals surface area contributed by atoms with Gasteiger partial charge in [-0.05, 0) is 25.2 Å². The number of hydrogen-bond donors (Lipinski definition) is 3. The maximum atomic E-state index is 12.2. The van der Waals surface area contributed by atoms with Crippen LogP contribution in [-0.2, 0) is 9.59 Å². The number of aliphatic hydroxyl groups excluding tert-OH is 2. The summed E-state index contributed by atoms with van der Waals surface area (Å²) in [4.78, 5) is 22.7. The molecule has 3 N–H and O–H groups in total. The van der Waals surface area contributed by atoms with Crippen LogP contribution in [0, 0.1) is 17.8 Å². The van der Waals surface area contributed by atoms with Crippen LogP contribution < -0.4 is 0 Å². The fourth-order valence-electron chi connectivity index (χ4n) is 3.99. The Hall–Kier alpha value is -1.20. The molecule has 5 nitrogen and oxygen atoms in total. The van der Waals surface area contributed by atoms with Crippen molar-refractivity contribution in [2.75, 3.05) is 0 Å². The molecule has 5 heteroatoms. The fourth-order valence-corrected chi connectivity index (χ4v) is 3.99. The lowest BCUT2D eigenvalue weighted by molar-refractivity contribution is -0.137. The molecule has 0 bridgehead atoms. The Kier molecular flexibility index (Phi) is 10.7. The SMILES string of the molecule is CCC(CC)C(O)CC=C[C@H]1[C@H](O)CC(=O)[C@@H]1CCCCCCC(=O)O. The summed E-state index contributed by atoms with van der Waals surface area (Å²) in [5.41, 5.74) is 0. The molecule has 0 amide bonds. The number of rotatable bonds is 13. The van der Waals surface area contributed by atoms with Gasteiger partial charge >= 0.3 is 5.97 Å². The van der Waals surface area contributed by atoms with Gasteiger partial charge in [-0.25, -0.2) is 0 Å². The van der Waals surface area contributed by atoms with Crippen molar-refractivity contribution in [1.29, 1.82) is 0 Å². The van der Waals surface area contributed by atoms with Gasteiger partial charge in [0.1, 0.15) is 5.78 Å². The van der Waals surface area contributed by atoms with Crippen LogP contribution in [0.15, 0.2) is 12.2 Å². The molecule has 0 heterocycles. The number of carboxylic acids is 1. The van der Waals surface area contributed by atoms with E-state index in [0.717, 1.165) is 38.5 Å². The molecule has 0 aromatic rings.